The zero-order valence-corrected chi connectivity index (χ0v) is 16.3. The van der Waals surface area contributed by atoms with Crippen molar-refractivity contribution in [2.45, 2.75) is 24.2 Å². The van der Waals surface area contributed by atoms with Crippen molar-refractivity contribution in [2.24, 2.45) is 0 Å². The Kier molecular flexibility index (Phi) is 6.10. The molecule has 8 heteroatoms. The zero-order valence-electron chi connectivity index (χ0n) is 15.5. The minimum absolute atomic E-state index is 0.0291. The number of hydrogen-bond acceptors (Lipinski definition) is 3. The highest BCUT2D eigenvalue weighted by Gasteiger charge is 2.32. The van der Waals surface area contributed by atoms with Crippen LogP contribution in [0.2, 0.25) is 0 Å². The zero-order chi connectivity index (χ0) is 20.3. The van der Waals surface area contributed by atoms with Crippen molar-refractivity contribution >= 4 is 15.9 Å². The molecular weight excluding hydrogens is 386 g/mol. The molecular formula is C20H22F2N2O3S. The van der Waals surface area contributed by atoms with Crippen LogP contribution in [0.5, 0.6) is 0 Å². The number of sulfonamides is 1. The average Bonchev–Trinajstić information content (AvgIpc) is 2.71. The number of halogens is 2. The Morgan fingerprint density at radius 2 is 1.64 bits per heavy atom. The van der Waals surface area contributed by atoms with E-state index in [1.807, 2.05) is 37.3 Å². The molecule has 2 aromatic carbocycles. The maximum absolute atomic E-state index is 13.4. The first kappa shape index (κ1) is 20.4. The molecule has 150 valence electrons. The van der Waals surface area contributed by atoms with E-state index in [1.165, 1.54) is 4.31 Å². The first-order valence-corrected chi connectivity index (χ1v) is 10.6. The quantitative estimate of drug-likeness (QED) is 0.764. The largest absolute Gasteiger partial charge is 0.340 e. The Balaban J connectivity index is 1.69. The van der Waals surface area contributed by atoms with Crippen LogP contribution < -0.4 is 0 Å². The summed E-state index contributed by atoms with van der Waals surface area (Å²) in [4.78, 5) is 14.3. The summed E-state index contributed by atoms with van der Waals surface area (Å²) >= 11 is 0. The van der Waals surface area contributed by atoms with Crippen LogP contribution in [0.25, 0.3) is 0 Å². The van der Waals surface area contributed by atoms with E-state index in [0.29, 0.717) is 12.5 Å². The first-order chi connectivity index (χ1) is 13.3. The number of rotatable bonds is 5. The van der Waals surface area contributed by atoms with Crippen molar-refractivity contribution in [1.82, 2.24) is 9.21 Å². The summed E-state index contributed by atoms with van der Waals surface area (Å²) in [6.07, 6.45) is 0.649. The van der Waals surface area contributed by atoms with Gasteiger partial charge < -0.3 is 4.90 Å². The number of piperazine rings is 1. The van der Waals surface area contributed by atoms with Crippen LogP contribution in [0.15, 0.2) is 53.4 Å². The maximum Gasteiger partial charge on any atom is 0.243 e. The summed E-state index contributed by atoms with van der Waals surface area (Å²) in [6.45, 7) is 2.67. The summed E-state index contributed by atoms with van der Waals surface area (Å²) in [5.74, 6) is -2.60. The van der Waals surface area contributed by atoms with E-state index in [-0.39, 0.29) is 42.9 Å². The molecule has 1 aliphatic rings. The average molecular weight is 408 g/mol. The van der Waals surface area contributed by atoms with Gasteiger partial charge in [-0.1, -0.05) is 37.3 Å². The standard InChI is InChI=1S/C20H22F2N2O3S/c1-2-17(15-6-4-3-5-7-15)20(25)23-10-12-24(13-11-23)28(26,27)16-8-9-18(21)19(22)14-16/h3-9,14,17H,2,10-13H2,1H3. The summed E-state index contributed by atoms with van der Waals surface area (Å²) in [5, 5.41) is 0. The molecule has 1 amide bonds. The van der Waals surface area contributed by atoms with E-state index in [1.54, 1.807) is 4.90 Å². The number of hydrogen-bond donors (Lipinski definition) is 0. The predicted molar refractivity (Wildman–Crippen MR) is 101 cm³/mol. The Morgan fingerprint density at radius 3 is 2.21 bits per heavy atom. The lowest BCUT2D eigenvalue weighted by Crippen LogP contribution is -2.51. The van der Waals surface area contributed by atoms with E-state index in [0.717, 1.165) is 17.7 Å². The molecule has 0 aromatic heterocycles. The van der Waals surface area contributed by atoms with Gasteiger partial charge >= 0.3 is 0 Å². The second-order valence-electron chi connectivity index (χ2n) is 6.68. The van der Waals surface area contributed by atoms with Gasteiger partial charge in [-0.2, -0.15) is 4.31 Å². The van der Waals surface area contributed by atoms with Crippen LogP contribution in [-0.4, -0.2) is 49.7 Å². The molecule has 1 aliphatic heterocycles. The summed E-state index contributed by atoms with van der Waals surface area (Å²) in [6, 6.07) is 12.0. The molecule has 1 heterocycles. The molecule has 1 fully saturated rings. The van der Waals surface area contributed by atoms with Crippen molar-refractivity contribution in [3.05, 3.63) is 65.7 Å². The van der Waals surface area contributed by atoms with E-state index >= 15 is 0 Å². The molecule has 0 radical (unpaired) electrons. The van der Waals surface area contributed by atoms with Gasteiger partial charge in [-0.05, 0) is 30.2 Å². The Morgan fingerprint density at radius 1 is 1.00 bits per heavy atom. The van der Waals surface area contributed by atoms with Crippen molar-refractivity contribution in [2.75, 3.05) is 26.2 Å². The Bertz CT molecular complexity index is 943. The van der Waals surface area contributed by atoms with Crippen LogP contribution in [0.3, 0.4) is 0 Å². The highest BCUT2D eigenvalue weighted by Crippen LogP contribution is 2.24. The maximum atomic E-state index is 13.4. The molecule has 1 atom stereocenters. The fraction of sp³-hybridized carbons (Fsp3) is 0.350. The van der Waals surface area contributed by atoms with Crippen LogP contribution in [0.4, 0.5) is 8.78 Å². The second kappa shape index (κ2) is 8.36. The fourth-order valence-electron chi connectivity index (χ4n) is 3.39. The van der Waals surface area contributed by atoms with Gasteiger partial charge in [0.05, 0.1) is 10.8 Å². The smallest absolute Gasteiger partial charge is 0.243 e. The number of amides is 1. The minimum atomic E-state index is -3.94. The highest BCUT2D eigenvalue weighted by molar-refractivity contribution is 7.89. The Labute approximate surface area is 163 Å². The highest BCUT2D eigenvalue weighted by atomic mass is 32.2. The molecule has 2 aromatic rings. The SMILES string of the molecule is CCC(C(=O)N1CCN(S(=O)(=O)c2ccc(F)c(F)c2)CC1)c1ccccc1. The molecule has 0 aliphatic carbocycles. The molecule has 0 spiro atoms. The third-order valence-electron chi connectivity index (χ3n) is 4.99. The molecule has 5 nitrogen and oxygen atoms in total. The van der Waals surface area contributed by atoms with Crippen molar-refractivity contribution in [1.29, 1.82) is 0 Å². The van der Waals surface area contributed by atoms with Crippen LogP contribution in [0.1, 0.15) is 24.8 Å². The molecule has 1 saturated heterocycles. The predicted octanol–water partition coefficient (Wildman–Crippen LogP) is 2.99. The topological polar surface area (TPSA) is 57.7 Å². The second-order valence-corrected chi connectivity index (χ2v) is 8.61. The summed E-state index contributed by atoms with van der Waals surface area (Å²) in [5.41, 5.74) is 0.937. The van der Waals surface area contributed by atoms with Gasteiger partial charge in [0.25, 0.3) is 0 Å². The molecule has 3 rings (SSSR count). The minimum Gasteiger partial charge on any atom is -0.340 e. The van der Waals surface area contributed by atoms with Crippen molar-refractivity contribution in [3.8, 4) is 0 Å². The molecule has 1 unspecified atom stereocenters. The van der Waals surface area contributed by atoms with E-state index in [2.05, 4.69) is 0 Å². The van der Waals surface area contributed by atoms with Gasteiger partial charge in [0.1, 0.15) is 0 Å². The summed E-state index contributed by atoms with van der Waals surface area (Å²) in [7, 11) is -3.94. The van der Waals surface area contributed by atoms with Crippen LogP contribution >= 0.6 is 0 Å². The lowest BCUT2D eigenvalue weighted by atomic mass is 9.95. The number of nitrogens with zero attached hydrogens (tertiary/aromatic N) is 2. The molecule has 0 N–H and O–H groups in total. The third-order valence-corrected chi connectivity index (χ3v) is 6.88. The molecule has 0 saturated carbocycles. The van der Waals surface area contributed by atoms with Gasteiger partial charge in [-0.3, -0.25) is 4.79 Å². The Hall–Kier alpha value is -2.32. The van der Waals surface area contributed by atoms with E-state index in [4.69, 9.17) is 0 Å². The van der Waals surface area contributed by atoms with Crippen molar-refractivity contribution in [3.63, 3.8) is 0 Å². The molecule has 28 heavy (non-hydrogen) atoms. The summed E-state index contributed by atoms with van der Waals surface area (Å²) < 4.78 is 53.1. The van der Waals surface area contributed by atoms with Crippen LogP contribution in [-0.2, 0) is 14.8 Å². The molecule has 0 bridgehead atoms. The number of carbonyl (C=O) groups is 1. The van der Waals surface area contributed by atoms with Gasteiger partial charge in [-0.15, -0.1) is 0 Å². The van der Waals surface area contributed by atoms with Crippen LogP contribution in [0, 0.1) is 11.6 Å². The van der Waals surface area contributed by atoms with Gasteiger partial charge in [0.15, 0.2) is 11.6 Å². The lowest BCUT2D eigenvalue weighted by Gasteiger charge is -2.35. The normalized spacial score (nSPS) is 16.8. The van der Waals surface area contributed by atoms with Crippen molar-refractivity contribution < 1.29 is 22.0 Å². The third kappa shape index (κ3) is 4.07. The first-order valence-electron chi connectivity index (χ1n) is 9.13. The monoisotopic (exact) mass is 408 g/mol. The van der Waals surface area contributed by atoms with Gasteiger partial charge in [-0.25, -0.2) is 17.2 Å². The van der Waals surface area contributed by atoms with Gasteiger partial charge in [0, 0.05) is 26.2 Å². The fourth-order valence-corrected chi connectivity index (χ4v) is 4.83. The number of benzene rings is 2. The van der Waals surface area contributed by atoms with Gasteiger partial charge in [0.2, 0.25) is 15.9 Å². The lowest BCUT2D eigenvalue weighted by molar-refractivity contribution is -0.134. The van der Waals surface area contributed by atoms with E-state index < -0.39 is 21.7 Å². The van der Waals surface area contributed by atoms with E-state index in [9.17, 15) is 22.0 Å². The number of carbonyl (C=O) groups excluding carboxylic acids is 1.